The van der Waals surface area contributed by atoms with Crippen molar-refractivity contribution in [2.75, 3.05) is 17.3 Å². The summed E-state index contributed by atoms with van der Waals surface area (Å²) < 4.78 is 0. The monoisotopic (exact) mass is 206 g/mol. The molecule has 2 N–H and O–H groups in total. The van der Waals surface area contributed by atoms with Crippen molar-refractivity contribution in [3.05, 3.63) is 23.8 Å². The molecule has 1 amide bonds. The van der Waals surface area contributed by atoms with Crippen molar-refractivity contribution in [3.63, 3.8) is 0 Å². The number of amides is 1. The maximum absolute atomic E-state index is 11.6. The Bertz CT molecular complexity index is 404. The Morgan fingerprint density at radius 1 is 1.53 bits per heavy atom. The largest absolute Gasteiger partial charge is 0.392 e. The Labute approximate surface area is 88.5 Å². The van der Waals surface area contributed by atoms with Crippen molar-refractivity contribution in [2.45, 2.75) is 19.6 Å². The van der Waals surface area contributed by atoms with Crippen LogP contribution in [0.15, 0.2) is 18.2 Å². The predicted octanol–water partition coefficient (Wildman–Crippen LogP) is 0.956. The molecular weight excluding hydrogens is 192 g/mol. The Kier molecular flexibility index (Phi) is 2.36. The second-order valence-electron chi connectivity index (χ2n) is 3.75. The highest BCUT2D eigenvalue weighted by Gasteiger charge is 2.27. The second-order valence-corrected chi connectivity index (χ2v) is 3.75. The van der Waals surface area contributed by atoms with Gasteiger partial charge < -0.3 is 15.3 Å². The van der Waals surface area contributed by atoms with Gasteiger partial charge in [-0.15, -0.1) is 0 Å². The van der Waals surface area contributed by atoms with E-state index in [0.29, 0.717) is 0 Å². The first-order chi connectivity index (χ1) is 7.15. The summed E-state index contributed by atoms with van der Waals surface area (Å²) in [6.45, 7) is 1.79. The van der Waals surface area contributed by atoms with Crippen LogP contribution in [0.3, 0.4) is 0 Å². The zero-order valence-electron chi connectivity index (χ0n) is 8.82. The van der Waals surface area contributed by atoms with Crippen LogP contribution in [-0.4, -0.2) is 24.1 Å². The predicted molar refractivity (Wildman–Crippen MR) is 58.9 cm³/mol. The number of aliphatic hydroxyl groups is 1. The van der Waals surface area contributed by atoms with E-state index < -0.39 is 0 Å². The number of aliphatic hydroxyl groups excluding tert-OH is 1. The third kappa shape index (κ3) is 1.47. The van der Waals surface area contributed by atoms with Gasteiger partial charge in [-0.2, -0.15) is 0 Å². The quantitative estimate of drug-likeness (QED) is 0.719. The molecule has 2 rings (SSSR count). The standard InChI is InChI=1S/C11H14N2O2/c1-7-11(15)12-10-8(6-14)4-3-5-9(10)13(7)2/h3-5,7,14H,6H2,1-2H3,(H,12,15). The molecule has 1 unspecified atom stereocenters. The number of rotatable bonds is 1. The van der Waals surface area contributed by atoms with Gasteiger partial charge in [0, 0.05) is 12.6 Å². The third-order valence-corrected chi connectivity index (χ3v) is 2.89. The fraction of sp³-hybridized carbons (Fsp3) is 0.364. The van der Waals surface area contributed by atoms with Gasteiger partial charge in [-0.05, 0) is 13.0 Å². The SMILES string of the molecule is CC1C(=O)Nc2c(CO)cccc2N1C. The van der Waals surface area contributed by atoms with E-state index in [0.717, 1.165) is 16.9 Å². The molecule has 1 aliphatic rings. The fourth-order valence-corrected chi connectivity index (χ4v) is 1.77. The smallest absolute Gasteiger partial charge is 0.246 e. The highest BCUT2D eigenvalue weighted by atomic mass is 16.3. The van der Waals surface area contributed by atoms with Crippen LogP contribution in [0.5, 0.6) is 0 Å². The average molecular weight is 206 g/mol. The zero-order chi connectivity index (χ0) is 11.0. The molecule has 0 aliphatic carbocycles. The van der Waals surface area contributed by atoms with Crippen LogP contribution in [0.4, 0.5) is 11.4 Å². The lowest BCUT2D eigenvalue weighted by atomic mass is 10.1. The van der Waals surface area contributed by atoms with Crippen LogP contribution in [0.1, 0.15) is 12.5 Å². The first-order valence-corrected chi connectivity index (χ1v) is 4.91. The molecule has 0 radical (unpaired) electrons. The van der Waals surface area contributed by atoms with Crippen LogP contribution >= 0.6 is 0 Å². The normalized spacial score (nSPS) is 19.8. The van der Waals surface area contributed by atoms with Crippen LogP contribution in [-0.2, 0) is 11.4 Å². The van der Waals surface area contributed by atoms with Crippen LogP contribution in [0, 0.1) is 0 Å². The molecule has 1 heterocycles. The van der Waals surface area contributed by atoms with Crippen molar-refractivity contribution in [2.24, 2.45) is 0 Å². The van der Waals surface area contributed by atoms with E-state index in [1.807, 2.05) is 37.1 Å². The second kappa shape index (κ2) is 3.55. The molecule has 1 atom stereocenters. The van der Waals surface area contributed by atoms with Gasteiger partial charge in [-0.25, -0.2) is 0 Å². The number of hydrogen-bond acceptors (Lipinski definition) is 3. The summed E-state index contributed by atoms with van der Waals surface area (Å²) >= 11 is 0. The number of carbonyl (C=O) groups excluding carboxylic acids is 1. The molecule has 0 saturated carbocycles. The van der Waals surface area contributed by atoms with Gasteiger partial charge in [0.2, 0.25) is 5.91 Å². The summed E-state index contributed by atoms with van der Waals surface area (Å²) in [6.07, 6.45) is 0. The van der Waals surface area contributed by atoms with Gasteiger partial charge in [-0.1, -0.05) is 12.1 Å². The molecule has 0 fully saturated rings. The number of anilines is 2. The lowest BCUT2D eigenvalue weighted by Gasteiger charge is -2.34. The number of likely N-dealkylation sites (N-methyl/N-ethyl adjacent to an activating group) is 1. The maximum Gasteiger partial charge on any atom is 0.246 e. The highest BCUT2D eigenvalue weighted by molar-refractivity contribution is 6.04. The highest BCUT2D eigenvalue weighted by Crippen LogP contribution is 2.33. The first-order valence-electron chi connectivity index (χ1n) is 4.91. The van der Waals surface area contributed by atoms with E-state index in [4.69, 9.17) is 5.11 Å². The summed E-state index contributed by atoms with van der Waals surface area (Å²) in [5, 5.41) is 12.0. The Morgan fingerprint density at radius 3 is 2.93 bits per heavy atom. The number of nitrogens with zero attached hydrogens (tertiary/aromatic N) is 1. The topological polar surface area (TPSA) is 52.6 Å². The lowest BCUT2D eigenvalue weighted by molar-refractivity contribution is -0.117. The summed E-state index contributed by atoms with van der Waals surface area (Å²) in [6, 6.07) is 5.45. The van der Waals surface area contributed by atoms with E-state index in [1.165, 1.54) is 0 Å². The van der Waals surface area contributed by atoms with Crippen LogP contribution in [0.2, 0.25) is 0 Å². The van der Waals surface area contributed by atoms with Crippen molar-refractivity contribution in [1.82, 2.24) is 0 Å². The first kappa shape index (κ1) is 9.98. The molecule has 4 nitrogen and oxygen atoms in total. The van der Waals surface area contributed by atoms with E-state index in [-0.39, 0.29) is 18.6 Å². The minimum atomic E-state index is -0.175. The minimum Gasteiger partial charge on any atom is -0.392 e. The molecule has 0 spiro atoms. The molecular formula is C11H14N2O2. The van der Waals surface area contributed by atoms with Gasteiger partial charge in [0.1, 0.15) is 6.04 Å². The van der Waals surface area contributed by atoms with Gasteiger partial charge in [0.05, 0.1) is 18.0 Å². The minimum absolute atomic E-state index is 0.0362. The van der Waals surface area contributed by atoms with Crippen molar-refractivity contribution in [3.8, 4) is 0 Å². The molecule has 80 valence electrons. The number of nitrogens with one attached hydrogen (secondary N) is 1. The summed E-state index contributed by atoms with van der Waals surface area (Å²) in [4.78, 5) is 13.5. The Morgan fingerprint density at radius 2 is 2.27 bits per heavy atom. The van der Waals surface area contributed by atoms with Gasteiger partial charge in [0.25, 0.3) is 0 Å². The van der Waals surface area contributed by atoms with Gasteiger partial charge in [-0.3, -0.25) is 4.79 Å². The molecule has 0 aromatic heterocycles. The summed E-state index contributed by atoms with van der Waals surface area (Å²) in [5.74, 6) is -0.0362. The Hall–Kier alpha value is -1.55. The van der Waals surface area contributed by atoms with E-state index in [1.54, 1.807) is 0 Å². The van der Waals surface area contributed by atoms with E-state index in [2.05, 4.69) is 5.32 Å². The maximum atomic E-state index is 11.6. The van der Waals surface area contributed by atoms with Gasteiger partial charge >= 0.3 is 0 Å². The van der Waals surface area contributed by atoms with E-state index >= 15 is 0 Å². The van der Waals surface area contributed by atoms with Crippen LogP contribution < -0.4 is 10.2 Å². The number of hydrogen-bond donors (Lipinski definition) is 2. The fourth-order valence-electron chi connectivity index (χ4n) is 1.77. The molecule has 0 saturated heterocycles. The molecule has 1 aromatic carbocycles. The molecule has 0 bridgehead atoms. The third-order valence-electron chi connectivity index (χ3n) is 2.89. The number of benzene rings is 1. The average Bonchev–Trinajstić information content (AvgIpc) is 2.25. The molecule has 1 aliphatic heterocycles. The van der Waals surface area contributed by atoms with Crippen molar-refractivity contribution < 1.29 is 9.90 Å². The van der Waals surface area contributed by atoms with E-state index in [9.17, 15) is 4.79 Å². The summed E-state index contributed by atoms with van der Waals surface area (Å²) in [5.41, 5.74) is 2.43. The molecule has 4 heteroatoms. The van der Waals surface area contributed by atoms with Crippen molar-refractivity contribution >= 4 is 17.3 Å². The van der Waals surface area contributed by atoms with Crippen molar-refractivity contribution in [1.29, 1.82) is 0 Å². The molecule has 1 aromatic rings. The lowest BCUT2D eigenvalue weighted by Crippen LogP contribution is -2.44. The van der Waals surface area contributed by atoms with Crippen LogP contribution in [0.25, 0.3) is 0 Å². The number of para-hydroxylation sites is 1. The number of fused-ring (bicyclic) bond motifs is 1. The summed E-state index contributed by atoms with van der Waals surface area (Å²) in [7, 11) is 1.88. The number of carbonyl (C=O) groups is 1. The van der Waals surface area contributed by atoms with Gasteiger partial charge in [0.15, 0.2) is 0 Å². The zero-order valence-corrected chi connectivity index (χ0v) is 8.82. The molecule has 15 heavy (non-hydrogen) atoms. The Balaban J connectivity index is 2.54.